The standard InChI is InChI=1S/C63H55ClN4/c1-42-38-59(65(45-34-30-43(31-35-45)62(2,3)4)47-18-16-20-49(40-47)67-55-26-12-8-22-51(55)52-23-9-13-27-56(52)67)61(64)60(39-42)66(46-36-32-44(33-37-46)63(5,6)7)48-19-17-21-50(41-48)68-57-28-14-10-24-53(57)54-25-11-15-29-58(54)68/h8-41H,1-7H3. The lowest BCUT2D eigenvalue weighted by atomic mass is 9.87. The third kappa shape index (κ3) is 7.50. The van der Waals surface area contributed by atoms with Gasteiger partial charge in [-0.1, -0.05) is 162 Å². The number of para-hydroxylation sites is 4. The Hall–Kier alpha value is -7.53. The molecular weight excluding hydrogens is 848 g/mol. The Morgan fingerprint density at radius 1 is 0.353 bits per heavy atom. The molecule has 0 aliphatic carbocycles. The fourth-order valence-corrected chi connectivity index (χ4v) is 10.4. The maximum atomic E-state index is 8.07. The number of rotatable bonds is 8. The van der Waals surface area contributed by atoms with Gasteiger partial charge in [0.05, 0.1) is 38.5 Å². The zero-order valence-electron chi connectivity index (χ0n) is 39.8. The van der Waals surface area contributed by atoms with Gasteiger partial charge in [-0.2, -0.15) is 0 Å². The second-order valence-electron chi connectivity index (χ2n) is 20.2. The molecule has 0 bridgehead atoms. The van der Waals surface area contributed by atoms with Crippen LogP contribution < -0.4 is 9.80 Å². The van der Waals surface area contributed by atoms with Crippen LogP contribution >= 0.6 is 11.6 Å². The van der Waals surface area contributed by atoms with Gasteiger partial charge in [0.25, 0.3) is 0 Å². The summed E-state index contributed by atoms with van der Waals surface area (Å²) >= 11 is 8.07. The lowest BCUT2D eigenvalue weighted by molar-refractivity contribution is 0.590. The minimum absolute atomic E-state index is 0.00916. The van der Waals surface area contributed by atoms with E-state index in [-0.39, 0.29) is 10.8 Å². The molecule has 0 saturated heterocycles. The quantitative estimate of drug-likeness (QED) is 0.151. The van der Waals surface area contributed by atoms with Gasteiger partial charge in [0, 0.05) is 55.7 Å². The minimum atomic E-state index is -0.00916. The molecular formula is C63H55ClN4. The molecule has 334 valence electrons. The fraction of sp³-hybridized carbons (Fsp3) is 0.143. The van der Waals surface area contributed by atoms with Crippen molar-refractivity contribution in [3.8, 4) is 11.4 Å². The number of aryl methyl sites for hydroxylation is 1. The number of nitrogens with zero attached hydrogens (tertiary/aromatic N) is 4. The molecule has 2 heterocycles. The highest BCUT2D eigenvalue weighted by Gasteiger charge is 2.26. The number of hydrogen-bond acceptors (Lipinski definition) is 2. The predicted molar refractivity (Wildman–Crippen MR) is 292 cm³/mol. The molecule has 0 saturated carbocycles. The Balaban J connectivity index is 1.13. The Labute approximate surface area is 404 Å². The number of halogens is 1. The van der Waals surface area contributed by atoms with Crippen molar-refractivity contribution in [1.29, 1.82) is 0 Å². The summed E-state index contributed by atoms with van der Waals surface area (Å²) in [6.07, 6.45) is 0. The van der Waals surface area contributed by atoms with E-state index >= 15 is 0 Å². The molecule has 0 N–H and O–H groups in total. The molecule has 5 heteroatoms. The molecule has 2 aromatic heterocycles. The topological polar surface area (TPSA) is 16.3 Å². The largest absolute Gasteiger partial charge is 0.309 e. The predicted octanol–water partition coefficient (Wildman–Crippen LogP) is 18.4. The Bertz CT molecular complexity index is 3330. The van der Waals surface area contributed by atoms with Gasteiger partial charge in [-0.25, -0.2) is 0 Å². The van der Waals surface area contributed by atoms with Crippen molar-refractivity contribution in [3.63, 3.8) is 0 Å². The van der Waals surface area contributed by atoms with Gasteiger partial charge in [0.1, 0.15) is 0 Å². The second kappa shape index (κ2) is 16.7. The molecule has 0 amide bonds. The van der Waals surface area contributed by atoms with E-state index in [0.717, 1.165) is 51.1 Å². The van der Waals surface area contributed by atoms with Crippen LogP contribution in [-0.4, -0.2) is 9.13 Å². The molecule has 68 heavy (non-hydrogen) atoms. The van der Waals surface area contributed by atoms with Crippen molar-refractivity contribution < 1.29 is 0 Å². The van der Waals surface area contributed by atoms with E-state index in [9.17, 15) is 0 Å². The van der Waals surface area contributed by atoms with Crippen molar-refractivity contribution >= 4 is 89.3 Å². The van der Waals surface area contributed by atoms with Crippen LogP contribution in [0.3, 0.4) is 0 Å². The van der Waals surface area contributed by atoms with E-state index in [1.165, 1.54) is 54.7 Å². The molecule has 0 spiro atoms. The molecule has 0 unspecified atom stereocenters. The van der Waals surface area contributed by atoms with Gasteiger partial charge in [-0.3, -0.25) is 0 Å². The van der Waals surface area contributed by atoms with E-state index in [2.05, 4.69) is 274 Å². The zero-order valence-corrected chi connectivity index (χ0v) is 40.6. The summed E-state index contributed by atoms with van der Waals surface area (Å²) in [6.45, 7) is 15.7. The number of aromatic nitrogens is 2. The molecule has 0 aliphatic heterocycles. The van der Waals surface area contributed by atoms with Crippen LogP contribution in [0, 0.1) is 6.92 Å². The Kier molecular flexibility index (Phi) is 10.6. The second-order valence-corrected chi connectivity index (χ2v) is 20.5. The first-order chi connectivity index (χ1) is 32.8. The van der Waals surface area contributed by atoms with Crippen LogP contribution in [0.25, 0.3) is 55.0 Å². The molecule has 0 aliphatic rings. The normalized spacial score (nSPS) is 12.1. The van der Waals surface area contributed by atoms with Crippen LogP contribution in [0.15, 0.2) is 206 Å². The van der Waals surface area contributed by atoms with Crippen LogP contribution in [0.5, 0.6) is 0 Å². The first kappa shape index (κ1) is 43.1. The first-order valence-corrected chi connectivity index (χ1v) is 24.0. The van der Waals surface area contributed by atoms with Gasteiger partial charge in [0.15, 0.2) is 0 Å². The summed E-state index contributed by atoms with van der Waals surface area (Å²) in [4.78, 5) is 4.66. The van der Waals surface area contributed by atoms with Gasteiger partial charge < -0.3 is 18.9 Å². The van der Waals surface area contributed by atoms with E-state index in [4.69, 9.17) is 11.6 Å². The molecule has 9 aromatic carbocycles. The van der Waals surface area contributed by atoms with Crippen molar-refractivity contribution in [3.05, 3.63) is 228 Å². The maximum absolute atomic E-state index is 8.07. The molecule has 4 nitrogen and oxygen atoms in total. The van der Waals surface area contributed by atoms with Crippen LogP contribution in [-0.2, 0) is 10.8 Å². The van der Waals surface area contributed by atoms with Crippen molar-refractivity contribution in [2.75, 3.05) is 9.80 Å². The van der Waals surface area contributed by atoms with Crippen LogP contribution in [0.1, 0.15) is 58.2 Å². The van der Waals surface area contributed by atoms with Crippen LogP contribution in [0.4, 0.5) is 34.1 Å². The summed E-state index contributed by atoms with van der Waals surface area (Å²) < 4.78 is 4.76. The van der Waals surface area contributed by atoms with E-state index in [0.29, 0.717) is 5.02 Å². The SMILES string of the molecule is Cc1cc(N(c2ccc(C(C)(C)C)cc2)c2cccc(-n3c4ccccc4c4ccccc43)c2)c(Cl)c(N(c2ccc(C(C)(C)C)cc2)c2cccc(-n3c4ccccc4c4ccccc43)c2)c1. The summed E-state index contributed by atoms with van der Waals surface area (Å²) in [5, 5.41) is 5.55. The highest BCUT2D eigenvalue weighted by Crippen LogP contribution is 2.49. The van der Waals surface area contributed by atoms with Crippen LogP contribution in [0.2, 0.25) is 5.02 Å². The highest BCUT2D eigenvalue weighted by atomic mass is 35.5. The van der Waals surface area contributed by atoms with Crippen molar-refractivity contribution in [1.82, 2.24) is 9.13 Å². The van der Waals surface area contributed by atoms with Crippen molar-refractivity contribution in [2.24, 2.45) is 0 Å². The highest BCUT2D eigenvalue weighted by molar-refractivity contribution is 6.36. The van der Waals surface area contributed by atoms with Gasteiger partial charge in [-0.05, 0) is 132 Å². The zero-order chi connectivity index (χ0) is 46.9. The summed E-state index contributed by atoms with van der Waals surface area (Å²) in [5.41, 5.74) is 16.2. The Morgan fingerprint density at radius 3 is 1.00 bits per heavy atom. The monoisotopic (exact) mass is 902 g/mol. The average molecular weight is 904 g/mol. The summed E-state index contributed by atoms with van der Waals surface area (Å²) in [6, 6.07) is 74.9. The summed E-state index contributed by atoms with van der Waals surface area (Å²) in [5.74, 6) is 0. The Morgan fingerprint density at radius 2 is 0.676 bits per heavy atom. The van der Waals surface area contributed by atoms with E-state index in [1.54, 1.807) is 0 Å². The lowest BCUT2D eigenvalue weighted by Crippen LogP contribution is -2.16. The lowest BCUT2D eigenvalue weighted by Gasteiger charge is -2.32. The number of hydrogen-bond donors (Lipinski definition) is 0. The minimum Gasteiger partial charge on any atom is -0.309 e. The van der Waals surface area contributed by atoms with Gasteiger partial charge in [0.2, 0.25) is 0 Å². The van der Waals surface area contributed by atoms with Gasteiger partial charge >= 0.3 is 0 Å². The number of benzene rings is 9. The third-order valence-electron chi connectivity index (χ3n) is 13.5. The van der Waals surface area contributed by atoms with E-state index in [1.807, 2.05) is 0 Å². The van der Waals surface area contributed by atoms with Crippen molar-refractivity contribution in [2.45, 2.75) is 59.3 Å². The smallest absolute Gasteiger partial charge is 0.0887 e. The molecule has 0 radical (unpaired) electrons. The number of anilines is 6. The average Bonchev–Trinajstić information content (AvgIpc) is 3.86. The fourth-order valence-electron chi connectivity index (χ4n) is 10.1. The number of fused-ring (bicyclic) bond motifs is 6. The molecule has 0 fully saturated rings. The van der Waals surface area contributed by atoms with Gasteiger partial charge in [-0.15, -0.1) is 0 Å². The molecule has 11 rings (SSSR count). The first-order valence-electron chi connectivity index (χ1n) is 23.6. The summed E-state index contributed by atoms with van der Waals surface area (Å²) in [7, 11) is 0. The molecule has 0 atom stereocenters. The maximum Gasteiger partial charge on any atom is 0.0887 e. The molecule has 11 aromatic rings. The third-order valence-corrected chi connectivity index (χ3v) is 13.9. The van der Waals surface area contributed by atoms with E-state index < -0.39 is 0 Å².